The zero-order valence-electron chi connectivity index (χ0n) is 13.1. The summed E-state index contributed by atoms with van der Waals surface area (Å²) in [5.41, 5.74) is 2.88. The van der Waals surface area contributed by atoms with Gasteiger partial charge in [-0.05, 0) is 36.8 Å². The second-order valence-corrected chi connectivity index (χ2v) is 6.17. The molecule has 0 spiro atoms. The molecule has 0 radical (unpaired) electrons. The standard InChI is InChI=1S/C18H16N4OS/c1-13-9-10-19-16(11-13)20-17(23)12-24-18-8-7-15(21-22-18)14-5-3-2-4-6-14/h2-11H,12H2,1H3,(H,19,20,23). The number of nitrogens with one attached hydrogen (secondary N) is 1. The van der Waals surface area contributed by atoms with Crippen molar-refractivity contribution in [1.29, 1.82) is 0 Å². The smallest absolute Gasteiger partial charge is 0.235 e. The van der Waals surface area contributed by atoms with Crippen LogP contribution in [0.1, 0.15) is 5.56 Å². The normalized spacial score (nSPS) is 10.4. The molecule has 3 aromatic rings. The van der Waals surface area contributed by atoms with Crippen LogP contribution >= 0.6 is 11.8 Å². The molecule has 5 nitrogen and oxygen atoms in total. The van der Waals surface area contributed by atoms with Crippen LogP contribution in [0.5, 0.6) is 0 Å². The van der Waals surface area contributed by atoms with Crippen molar-refractivity contribution in [3.8, 4) is 11.3 Å². The second kappa shape index (κ2) is 7.70. The van der Waals surface area contributed by atoms with Gasteiger partial charge in [-0.2, -0.15) is 0 Å². The lowest BCUT2D eigenvalue weighted by molar-refractivity contribution is -0.113. The molecule has 0 saturated carbocycles. The minimum Gasteiger partial charge on any atom is -0.310 e. The first-order valence-electron chi connectivity index (χ1n) is 7.45. The van der Waals surface area contributed by atoms with Gasteiger partial charge in [0.25, 0.3) is 0 Å². The van der Waals surface area contributed by atoms with Crippen molar-refractivity contribution >= 4 is 23.5 Å². The first-order chi connectivity index (χ1) is 11.7. The van der Waals surface area contributed by atoms with Crippen LogP contribution in [0.4, 0.5) is 5.82 Å². The van der Waals surface area contributed by atoms with Gasteiger partial charge in [0, 0.05) is 11.8 Å². The van der Waals surface area contributed by atoms with Gasteiger partial charge >= 0.3 is 0 Å². The minimum absolute atomic E-state index is 0.118. The lowest BCUT2D eigenvalue weighted by Crippen LogP contribution is -2.15. The van der Waals surface area contributed by atoms with E-state index in [1.807, 2.05) is 61.5 Å². The zero-order chi connectivity index (χ0) is 16.8. The number of pyridine rings is 1. The maximum absolute atomic E-state index is 12.0. The van der Waals surface area contributed by atoms with E-state index >= 15 is 0 Å². The molecule has 2 aromatic heterocycles. The molecule has 0 aliphatic carbocycles. The van der Waals surface area contributed by atoms with E-state index in [4.69, 9.17) is 0 Å². The van der Waals surface area contributed by atoms with Crippen molar-refractivity contribution in [2.75, 3.05) is 11.1 Å². The van der Waals surface area contributed by atoms with Gasteiger partial charge in [0.1, 0.15) is 10.8 Å². The molecule has 1 aromatic carbocycles. The molecule has 0 fully saturated rings. The molecule has 24 heavy (non-hydrogen) atoms. The van der Waals surface area contributed by atoms with E-state index in [1.165, 1.54) is 11.8 Å². The van der Waals surface area contributed by atoms with Gasteiger partial charge in [-0.25, -0.2) is 4.98 Å². The van der Waals surface area contributed by atoms with Crippen LogP contribution in [0, 0.1) is 6.92 Å². The molecule has 1 amide bonds. The summed E-state index contributed by atoms with van der Waals surface area (Å²) >= 11 is 1.34. The van der Waals surface area contributed by atoms with E-state index in [-0.39, 0.29) is 11.7 Å². The highest BCUT2D eigenvalue weighted by molar-refractivity contribution is 7.99. The summed E-state index contributed by atoms with van der Waals surface area (Å²) in [4.78, 5) is 16.1. The van der Waals surface area contributed by atoms with Crippen molar-refractivity contribution in [2.45, 2.75) is 11.9 Å². The van der Waals surface area contributed by atoms with E-state index in [0.29, 0.717) is 10.8 Å². The Bertz CT molecular complexity index is 822. The van der Waals surface area contributed by atoms with Gasteiger partial charge in [0.2, 0.25) is 5.91 Å². The van der Waals surface area contributed by atoms with Crippen LogP contribution in [0.3, 0.4) is 0 Å². The lowest BCUT2D eigenvalue weighted by atomic mass is 10.1. The fourth-order valence-electron chi connectivity index (χ4n) is 2.08. The highest BCUT2D eigenvalue weighted by atomic mass is 32.2. The summed E-state index contributed by atoms with van der Waals surface area (Å²) in [6.07, 6.45) is 1.67. The predicted octanol–water partition coefficient (Wildman–Crippen LogP) is 3.58. The Kier molecular flexibility index (Phi) is 5.18. The topological polar surface area (TPSA) is 67.8 Å². The number of benzene rings is 1. The summed E-state index contributed by atoms with van der Waals surface area (Å²) in [6.45, 7) is 1.95. The molecule has 0 aliphatic heterocycles. The zero-order valence-corrected chi connectivity index (χ0v) is 14.0. The number of amides is 1. The minimum atomic E-state index is -0.118. The first-order valence-corrected chi connectivity index (χ1v) is 8.44. The Balaban J connectivity index is 1.56. The number of hydrogen-bond donors (Lipinski definition) is 1. The maximum atomic E-state index is 12.0. The number of aryl methyl sites for hydroxylation is 1. The van der Waals surface area contributed by atoms with E-state index in [0.717, 1.165) is 16.8 Å². The summed E-state index contributed by atoms with van der Waals surface area (Å²) < 4.78 is 0. The number of rotatable bonds is 5. The quantitative estimate of drug-likeness (QED) is 0.721. The largest absolute Gasteiger partial charge is 0.310 e. The van der Waals surface area contributed by atoms with Gasteiger partial charge < -0.3 is 5.32 Å². The molecule has 0 aliphatic rings. The Hall–Kier alpha value is -2.73. The summed E-state index contributed by atoms with van der Waals surface area (Å²) in [5.74, 6) is 0.702. The maximum Gasteiger partial charge on any atom is 0.235 e. The number of hydrogen-bond acceptors (Lipinski definition) is 5. The SMILES string of the molecule is Cc1ccnc(NC(=O)CSc2ccc(-c3ccccc3)nn2)c1. The van der Waals surface area contributed by atoms with E-state index in [1.54, 1.807) is 6.20 Å². The molecule has 6 heteroatoms. The molecule has 2 heterocycles. The number of aromatic nitrogens is 3. The molecule has 0 atom stereocenters. The average Bonchev–Trinajstić information content (AvgIpc) is 2.61. The van der Waals surface area contributed by atoms with E-state index < -0.39 is 0 Å². The summed E-state index contributed by atoms with van der Waals surface area (Å²) in [5, 5.41) is 11.9. The molecular weight excluding hydrogens is 320 g/mol. The highest BCUT2D eigenvalue weighted by Crippen LogP contribution is 2.19. The third-order valence-corrected chi connectivity index (χ3v) is 4.16. The van der Waals surface area contributed by atoms with Gasteiger partial charge in [-0.1, -0.05) is 42.1 Å². The van der Waals surface area contributed by atoms with Crippen molar-refractivity contribution in [2.24, 2.45) is 0 Å². The van der Waals surface area contributed by atoms with Crippen molar-refractivity contribution < 1.29 is 4.79 Å². The Morgan fingerprint density at radius 1 is 1.08 bits per heavy atom. The first kappa shape index (κ1) is 16.1. The number of thioether (sulfide) groups is 1. The van der Waals surface area contributed by atoms with Crippen LogP contribution in [0.25, 0.3) is 11.3 Å². The Morgan fingerprint density at radius 3 is 2.62 bits per heavy atom. The summed E-state index contributed by atoms with van der Waals surface area (Å²) in [6, 6.07) is 17.3. The average molecular weight is 336 g/mol. The van der Waals surface area contributed by atoms with Crippen LogP contribution in [0.2, 0.25) is 0 Å². The van der Waals surface area contributed by atoms with Crippen LogP contribution in [0.15, 0.2) is 65.8 Å². The number of carbonyl (C=O) groups excluding carboxylic acids is 1. The van der Waals surface area contributed by atoms with E-state index in [2.05, 4.69) is 20.5 Å². The fourth-order valence-corrected chi connectivity index (χ4v) is 2.70. The van der Waals surface area contributed by atoms with Crippen molar-refractivity contribution in [1.82, 2.24) is 15.2 Å². The second-order valence-electron chi connectivity index (χ2n) is 5.18. The van der Waals surface area contributed by atoms with Crippen LogP contribution < -0.4 is 5.32 Å². The van der Waals surface area contributed by atoms with Gasteiger partial charge in [-0.3, -0.25) is 4.79 Å². The number of nitrogens with zero attached hydrogens (tertiary/aromatic N) is 3. The monoisotopic (exact) mass is 336 g/mol. The van der Waals surface area contributed by atoms with Gasteiger partial charge in [-0.15, -0.1) is 10.2 Å². The molecule has 0 bridgehead atoms. The molecule has 1 N–H and O–H groups in total. The number of carbonyl (C=O) groups is 1. The molecule has 0 unspecified atom stereocenters. The van der Waals surface area contributed by atoms with E-state index in [9.17, 15) is 4.79 Å². The third kappa shape index (κ3) is 4.39. The van der Waals surface area contributed by atoms with Gasteiger partial charge in [0.05, 0.1) is 11.4 Å². The highest BCUT2D eigenvalue weighted by Gasteiger charge is 2.06. The Morgan fingerprint density at radius 2 is 1.92 bits per heavy atom. The van der Waals surface area contributed by atoms with Crippen molar-refractivity contribution in [3.05, 3.63) is 66.4 Å². The number of anilines is 1. The van der Waals surface area contributed by atoms with Crippen LogP contribution in [-0.4, -0.2) is 26.8 Å². The molecule has 120 valence electrons. The fraction of sp³-hybridized carbons (Fsp3) is 0.111. The molecule has 3 rings (SSSR count). The Labute approximate surface area is 144 Å². The molecule has 0 saturated heterocycles. The predicted molar refractivity (Wildman–Crippen MR) is 95.8 cm³/mol. The third-order valence-electron chi connectivity index (χ3n) is 3.24. The van der Waals surface area contributed by atoms with Gasteiger partial charge in [0.15, 0.2) is 0 Å². The summed E-state index contributed by atoms with van der Waals surface area (Å²) in [7, 11) is 0. The molecular formula is C18H16N4OS. The lowest BCUT2D eigenvalue weighted by Gasteiger charge is -2.05. The van der Waals surface area contributed by atoms with Crippen molar-refractivity contribution in [3.63, 3.8) is 0 Å². The van der Waals surface area contributed by atoms with Crippen LogP contribution in [-0.2, 0) is 4.79 Å².